The quantitative estimate of drug-likeness (QED) is 0.697. The maximum Gasteiger partial charge on any atom is 0.122 e. The standard InChI is InChI=1S/C12H10Br2OS/c13-7-9-6-10(3-4-12(9)14)15-8-11-2-1-5-16-11/h1-6H,7-8H2. The van der Waals surface area contributed by atoms with Gasteiger partial charge in [-0.15, -0.1) is 11.3 Å². The SMILES string of the molecule is BrCc1cc(OCc2cccs2)ccc1Br. The topological polar surface area (TPSA) is 9.23 Å². The molecule has 0 aliphatic rings. The van der Waals surface area contributed by atoms with Crippen molar-refractivity contribution >= 4 is 43.2 Å². The van der Waals surface area contributed by atoms with E-state index in [-0.39, 0.29) is 0 Å². The predicted octanol–water partition coefficient (Wildman–Crippen LogP) is 4.98. The van der Waals surface area contributed by atoms with E-state index in [9.17, 15) is 0 Å². The Labute approximate surface area is 116 Å². The van der Waals surface area contributed by atoms with E-state index in [4.69, 9.17) is 4.74 Å². The van der Waals surface area contributed by atoms with Gasteiger partial charge < -0.3 is 4.74 Å². The molecule has 1 aromatic carbocycles. The first-order valence-corrected chi connectivity index (χ1v) is 7.58. The lowest BCUT2D eigenvalue weighted by molar-refractivity contribution is 0.309. The molecule has 16 heavy (non-hydrogen) atoms. The number of alkyl halides is 1. The second kappa shape index (κ2) is 5.84. The van der Waals surface area contributed by atoms with Crippen molar-refractivity contribution in [2.45, 2.75) is 11.9 Å². The van der Waals surface area contributed by atoms with Crippen LogP contribution in [0.1, 0.15) is 10.4 Å². The Hall–Kier alpha value is -0.320. The van der Waals surface area contributed by atoms with E-state index in [1.165, 1.54) is 10.4 Å². The van der Waals surface area contributed by atoms with E-state index in [0.29, 0.717) is 6.61 Å². The molecule has 0 saturated heterocycles. The molecule has 0 N–H and O–H groups in total. The molecule has 0 aliphatic carbocycles. The molecule has 0 saturated carbocycles. The van der Waals surface area contributed by atoms with Gasteiger partial charge in [0.2, 0.25) is 0 Å². The molecule has 0 atom stereocenters. The smallest absolute Gasteiger partial charge is 0.122 e. The largest absolute Gasteiger partial charge is 0.488 e. The highest BCUT2D eigenvalue weighted by atomic mass is 79.9. The Bertz CT molecular complexity index is 454. The Balaban J connectivity index is 2.04. The minimum absolute atomic E-state index is 0.640. The van der Waals surface area contributed by atoms with Gasteiger partial charge in [-0.2, -0.15) is 0 Å². The van der Waals surface area contributed by atoms with Gasteiger partial charge in [-0.05, 0) is 35.2 Å². The van der Waals surface area contributed by atoms with Gasteiger partial charge in [0.25, 0.3) is 0 Å². The summed E-state index contributed by atoms with van der Waals surface area (Å²) in [7, 11) is 0. The van der Waals surface area contributed by atoms with Crippen LogP contribution in [-0.4, -0.2) is 0 Å². The Morgan fingerprint density at radius 2 is 2.12 bits per heavy atom. The molecule has 0 unspecified atom stereocenters. The van der Waals surface area contributed by atoms with E-state index in [0.717, 1.165) is 15.6 Å². The van der Waals surface area contributed by atoms with Gasteiger partial charge in [-0.1, -0.05) is 37.9 Å². The number of thiophene rings is 1. The first-order valence-electron chi connectivity index (χ1n) is 4.79. The summed E-state index contributed by atoms with van der Waals surface area (Å²) in [4.78, 5) is 1.24. The average molecular weight is 362 g/mol. The molecule has 0 radical (unpaired) electrons. The lowest BCUT2D eigenvalue weighted by Crippen LogP contribution is -1.93. The molecule has 1 nitrogen and oxygen atoms in total. The number of benzene rings is 1. The molecule has 1 aromatic heterocycles. The summed E-state index contributed by atoms with van der Waals surface area (Å²) in [5, 5.41) is 2.88. The molecule has 84 valence electrons. The van der Waals surface area contributed by atoms with E-state index < -0.39 is 0 Å². The first kappa shape index (κ1) is 12.1. The van der Waals surface area contributed by atoms with E-state index in [1.54, 1.807) is 11.3 Å². The van der Waals surface area contributed by atoms with Gasteiger partial charge in [-0.3, -0.25) is 0 Å². The molecule has 0 fully saturated rings. The molecule has 2 rings (SSSR count). The van der Waals surface area contributed by atoms with Gasteiger partial charge in [0.1, 0.15) is 12.4 Å². The molecule has 1 heterocycles. The molecule has 2 aromatic rings. The predicted molar refractivity (Wildman–Crippen MR) is 75.4 cm³/mol. The maximum atomic E-state index is 5.72. The van der Waals surface area contributed by atoms with Crippen LogP contribution < -0.4 is 4.74 Å². The van der Waals surface area contributed by atoms with Gasteiger partial charge >= 0.3 is 0 Å². The van der Waals surface area contributed by atoms with Crippen LogP contribution in [0.5, 0.6) is 5.75 Å². The highest BCUT2D eigenvalue weighted by Gasteiger charge is 2.02. The summed E-state index contributed by atoms with van der Waals surface area (Å²) >= 11 is 8.66. The second-order valence-electron chi connectivity index (χ2n) is 3.25. The Kier molecular flexibility index (Phi) is 4.44. The average Bonchev–Trinajstić information content (AvgIpc) is 2.81. The second-order valence-corrected chi connectivity index (χ2v) is 5.70. The fraction of sp³-hybridized carbons (Fsp3) is 0.167. The Morgan fingerprint density at radius 1 is 1.25 bits per heavy atom. The van der Waals surface area contributed by atoms with Crippen molar-refractivity contribution in [3.05, 3.63) is 50.6 Å². The number of halogens is 2. The van der Waals surface area contributed by atoms with Crippen LogP contribution >= 0.6 is 43.2 Å². The molecular formula is C12H10Br2OS. The number of ether oxygens (including phenoxy) is 1. The first-order chi connectivity index (χ1) is 7.79. The van der Waals surface area contributed by atoms with Crippen LogP contribution in [0, 0.1) is 0 Å². The number of hydrogen-bond donors (Lipinski definition) is 0. The minimum Gasteiger partial charge on any atom is -0.488 e. The highest BCUT2D eigenvalue weighted by Crippen LogP contribution is 2.25. The fourth-order valence-corrected chi connectivity index (χ4v) is 3.14. The van der Waals surface area contributed by atoms with E-state index in [2.05, 4.69) is 43.3 Å². The monoisotopic (exact) mass is 360 g/mol. The lowest BCUT2D eigenvalue weighted by Gasteiger charge is -2.07. The van der Waals surface area contributed by atoms with Crippen molar-refractivity contribution in [3.8, 4) is 5.75 Å². The zero-order valence-electron chi connectivity index (χ0n) is 8.45. The third-order valence-electron chi connectivity index (χ3n) is 2.12. The van der Waals surface area contributed by atoms with Crippen molar-refractivity contribution in [1.82, 2.24) is 0 Å². The van der Waals surface area contributed by atoms with Crippen molar-refractivity contribution in [2.24, 2.45) is 0 Å². The van der Waals surface area contributed by atoms with Crippen LogP contribution in [0.4, 0.5) is 0 Å². The van der Waals surface area contributed by atoms with Crippen LogP contribution in [-0.2, 0) is 11.9 Å². The zero-order valence-corrected chi connectivity index (χ0v) is 12.4. The van der Waals surface area contributed by atoms with Crippen LogP contribution in [0.25, 0.3) is 0 Å². The Morgan fingerprint density at radius 3 is 2.81 bits per heavy atom. The van der Waals surface area contributed by atoms with Crippen molar-refractivity contribution < 1.29 is 4.74 Å². The summed E-state index contributed by atoms with van der Waals surface area (Å²) in [6.45, 7) is 0.640. The molecule has 0 amide bonds. The summed E-state index contributed by atoms with van der Waals surface area (Å²) < 4.78 is 6.82. The third kappa shape index (κ3) is 3.09. The summed E-state index contributed by atoms with van der Waals surface area (Å²) in [6, 6.07) is 10.2. The molecule has 0 spiro atoms. The summed E-state index contributed by atoms with van der Waals surface area (Å²) in [6.07, 6.45) is 0. The molecule has 4 heteroatoms. The maximum absolute atomic E-state index is 5.72. The van der Waals surface area contributed by atoms with Gasteiger partial charge in [0.15, 0.2) is 0 Å². The van der Waals surface area contributed by atoms with Crippen LogP contribution in [0.15, 0.2) is 40.2 Å². The lowest BCUT2D eigenvalue weighted by atomic mass is 10.2. The zero-order chi connectivity index (χ0) is 11.4. The van der Waals surface area contributed by atoms with Gasteiger partial charge in [0, 0.05) is 14.7 Å². The van der Waals surface area contributed by atoms with Crippen LogP contribution in [0.2, 0.25) is 0 Å². The summed E-state index contributed by atoms with van der Waals surface area (Å²) in [5.41, 5.74) is 1.20. The highest BCUT2D eigenvalue weighted by molar-refractivity contribution is 9.10. The van der Waals surface area contributed by atoms with E-state index >= 15 is 0 Å². The summed E-state index contributed by atoms with van der Waals surface area (Å²) in [5.74, 6) is 0.908. The van der Waals surface area contributed by atoms with Crippen molar-refractivity contribution in [2.75, 3.05) is 0 Å². The van der Waals surface area contributed by atoms with Gasteiger partial charge in [-0.25, -0.2) is 0 Å². The van der Waals surface area contributed by atoms with Crippen LogP contribution in [0.3, 0.4) is 0 Å². The number of rotatable bonds is 4. The molecular weight excluding hydrogens is 352 g/mol. The van der Waals surface area contributed by atoms with Crippen molar-refractivity contribution in [1.29, 1.82) is 0 Å². The van der Waals surface area contributed by atoms with Crippen molar-refractivity contribution in [3.63, 3.8) is 0 Å². The van der Waals surface area contributed by atoms with E-state index in [1.807, 2.05) is 24.3 Å². The normalized spacial score (nSPS) is 10.4. The molecule has 0 bridgehead atoms. The van der Waals surface area contributed by atoms with Gasteiger partial charge in [0.05, 0.1) is 0 Å². The third-order valence-corrected chi connectivity index (χ3v) is 4.35. The molecule has 0 aliphatic heterocycles. The minimum atomic E-state index is 0.640. The fourth-order valence-electron chi connectivity index (χ4n) is 1.29. The number of hydrogen-bond acceptors (Lipinski definition) is 2.